The summed E-state index contributed by atoms with van der Waals surface area (Å²) in [5.41, 5.74) is 1.80. The topological polar surface area (TPSA) is 69.9 Å². The summed E-state index contributed by atoms with van der Waals surface area (Å²) in [6, 6.07) is 14.0. The first-order valence-electron chi connectivity index (χ1n) is 11.0. The summed E-state index contributed by atoms with van der Waals surface area (Å²) in [6.07, 6.45) is -2.10. The van der Waals surface area contributed by atoms with E-state index >= 15 is 0 Å². The molecule has 0 radical (unpaired) electrons. The Morgan fingerprint density at radius 1 is 1.11 bits per heavy atom. The maximum Gasteiger partial charge on any atom is 0.416 e. The fourth-order valence-corrected chi connectivity index (χ4v) is 4.04. The van der Waals surface area contributed by atoms with Gasteiger partial charge in [-0.25, -0.2) is 9.80 Å². The summed E-state index contributed by atoms with van der Waals surface area (Å²) in [6.45, 7) is -0.291. The molecule has 0 unspecified atom stereocenters. The van der Waals surface area contributed by atoms with Crippen molar-refractivity contribution in [3.05, 3.63) is 88.7 Å². The van der Waals surface area contributed by atoms with Gasteiger partial charge in [-0.05, 0) is 54.1 Å². The number of carbonyl (C=O) groups is 2. The van der Waals surface area contributed by atoms with Crippen LogP contribution in [0.1, 0.15) is 29.3 Å². The maximum absolute atomic E-state index is 13.3. The lowest BCUT2D eigenvalue weighted by molar-refractivity contribution is -0.137. The molecule has 0 saturated heterocycles. The Balaban J connectivity index is 1.48. The van der Waals surface area contributed by atoms with Crippen molar-refractivity contribution in [3.63, 3.8) is 0 Å². The number of aryl methyl sites for hydroxylation is 1. The number of hydrazone groups is 1. The normalized spacial score (nSPS) is 15.6. The first-order valence-corrected chi connectivity index (χ1v) is 11.4. The van der Waals surface area contributed by atoms with Crippen molar-refractivity contribution in [3.8, 4) is 0 Å². The van der Waals surface area contributed by atoms with Crippen molar-refractivity contribution in [2.24, 2.45) is 12.1 Å². The van der Waals surface area contributed by atoms with E-state index in [9.17, 15) is 22.8 Å². The molecule has 2 heterocycles. The number of likely N-dealkylation sites (N-methyl/N-ethyl adjacent to an activating group) is 1. The van der Waals surface area contributed by atoms with Gasteiger partial charge in [0.2, 0.25) is 0 Å². The summed E-state index contributed by atoms with van der Waals surface area (Å²) < 4.78 is 40.2. The number of nitrogens with one attached hydrogen (secondary N) is 1. The van der Waals surface area contributed by atoms with E-state index in [4.69, 9.17) is 11.6 Å². The molecule has 1 aliphatic heterocycles. The molecular formula is C25H23ClF3N5O2. The average molecular weight is 518 g/mol. The van der Waals surface area contributed by atoms with Crippen LogP contribution in [0.5, 0.6) is 0 Å². The molecule has 0 bridgehead atoms. The van der Waals surface area contributed by atoms with Gasteiger partial charge < -0.3 is 14.8 Å². The predicted octanol–water partition coefficient (Wildman–Crippen LogP) is 5.54. The van der Waals surface area contributed by atoms with Crippen molar-refractivity contribution in [2.45, 2.75) is 18.6 Å². The van der Waals surface area contributed by atoms with Gasteiger partial charge >= 0.3 is 12.2 Å². The number of benzene rings is 2. The van der Waals surface area contributed by atoms with Crippen LogP contribution in [0.4, 0.5) is 23.7 Å². The number of hydrogen-bond donors (Lipinski definition) is 1. The minimum absolute atomic E-state index is 0.177. The molecule has 3 amide bonds. The van der Waals surface area contributed by atoms with E-state index in [2.05, 4.69) is 10.4 Å². The number of halogens is 4. The fourth-order valence-electron chi connectivity index (χ4n) is 3.91. The molecule has 0 aliphatic carbocycles. The number of urea groups is 1. The molecule has 1 N–H and O–H groups in total. The van der Waals surface area contributed by atoms with Crippen LogP contribution in [0.3, 0.4) is 0 Å². The van der Waals surface area contributed by atoms with Gasteiger partial charge in [-0.1, -0.05) is 23.7 Å². The molecule has 3 aromatic rings. The molecule has 1 atom stereocenters. The monoisotopic (exact) mass is 517 g/mol. The van der Waals surface area contributed by atoms with E-state index in [-0.39, 0.29) is 18.3 Å². The standard InChI is InChI=1S/C25H23ClF3N5O2/c1-32-13-3-4-21(32)20-14-22(16-5-9-18(26)10-6-16)34(31-20)23(35)15-33(2)24(36)30-19-11-7-17(8-12-19)25(27,28)29/h3-13,22H,14-15H2,1-2H3,(H,30,36)/t22-/m1/s1. The van der Waals surface area contributed by atoms with Crippen molar-refractivity contribution in [1.29, 1.82) is 0 Å². The van der Waals surface area contributed by atoms with Crippen LogP contribution in [0, 0.1) is 0 Å². The fraction of sp³-hybridized carbons (Fsp3) is 0.240. The van der Waals surface area contributed by atoms with Crippen molar-refractivity contribution < 1.29 is 22.8 Å². The van der Waals surface area contributed by atoms with Gasteiger partial charge in [-0.2, -0.15) is 18.3 Å². The van der Waals surface area contributed by atoms with Crippen molar-refractivity contribution in [2.75, 3.05) is 18.9 Å². The molecule has 11 heteroatoms. The van der Waals surface area contributed by atoms with E-state index in [1.165, 1.54) is 12.1 Å². The van der Waals surface area contributed by atoms with Gasteiger partial charge in [0.05, 0.1) is 23.0 Å². The average Bonchev–Trinajstić information content (AvgIpc) is 3.45. The molecule has 1 aromatic heterocycles. The van der Waals surface area contributed by atoms with E-state index < -0.39 is 23.7 Å². The number of amides is 3. The van der Waals surface area contributed by atoms with Gasteiger partial charge in [0.25, 0.3) is 5.91 Å². The minimum atomic E-state index is -4.47. The second-order valence-corrected chi connectivity index (χ2v) is 8.86. The Morgan fingerprint density at radius 3 is 2.36 bits per heavy atom. The van der Waals surface area contributed by atoms with Crippen LogP contribution in [0.25, 0.3) is 0 Å². The Bertz CT molecular complexity index is 1290. The van der Waals surface area contributed by atoms with Gasteiger partial charge in [-0.15, -0.1) is 0 Å². The van der Waals surface area contributed by atoms with E-state index in [0.717, 1.165) is 46.1 Å². The third-order valence-corrected chi connectivity index (χ3v) is 6.09. The van der Waals surface area contributed by atoms with Crippen LogP contribution in [-0.4, -0.2) is 45.7 Å². The van der Waals surface area contributed by atoms with Crippen molar-refractivity contribution >= 4 is 34.9 Å². The first-order chi connectivity index (χ1) is 17.0. The number of rotatable bonds is 5. The highest BCUT2D eigenvalue weighted by Crippen LogP contribution is 2.34. The van der Waals surface area contributed by atoms with Crippen LogP contribution < -0.4 is 5.32 Å². The number of alkyl halides is 3. The summed E-state index contributed by atoms with van der Waals surface area (Å²) in [7, 11) is 3.31. The molecule has 1 aliphatic rings. The number of nitrogens with zero attached hydrogens (tertiary/aromatic N) is 4. The van der Waals surface area contributed by atoms with E-state index in [1.807, 2.05) is 42.1 Å². The second kappa shape index (κ2) is 10.1. The Morgan fingerprint density at radius 2 is 1.78 bits per heavy atom. The van der Waals surface area contributed by atoms with Gasteiger partial charge in [0.15, 0.2) is 0 Å². The SMILES string of the molecule is CN(CC(=O)N1N=C(c2cccn2C)C[C@@H]1c1ccc(Cl)cc1)C(=O)Nc1ccc(C(F)(F)F)cc1. The summed E-state index contributed by atoms with van der Waals surface area (Å²) >= 11 is 6.03. The van der Waals surface area contributed by atoms with Crippen LogP contribution in [0.15, 0.2) is 72.0 Å². The molecule has 7 nitrogen and oxygen atoms in total. The third kappa shape index (κ3) is 5.54. The highest BCUT2D eigenvalue weighted by atomic mass is 35.5. The lowest BCUT2D eigenvalue weighted by Crippen LogP contribution is -2.41. The Hall–Kier alpha value is -3.79. The number of aromatic nitrogens is 1. The lowest BCUT2D eigenvalue weighted by Gasteiger charge is -2.25. The quantitative estimate of drug-likeness (QED) is 0.483. The van der Waals surface area contributed by atoms with Gasteiger partial charge in [0, 0.05) is 37.4 Å². The molecule has 36 heavy (non-hydrogen) atoms. The molecule has 188 valence electrons. The number of anilines is 1. The third-order valence-electron chi connectivity index (χ3n) is 5.84. The van der Waals surface area contributed by atoms with Crippen LogP contribution in [-0.2, 0) is 18.0 Å². The van der Waals surface area contributed by atoms with Crippen LogP contribution in [0.2, 0.25) is 5.02 Å². The zero-order valence-corrected chi connectivity index (χ0v) is 20.2. The molecule has 2 aromatic carbocycles. The highest BCUT2D eigenvalue weighted by Gasteiger charge is 2.34. The number of carbonyl (C=O) groups excluding carboxylic acids is 2. The van der Waals surface area contributed by atoms with Crippen LogP contribution >= 0.6 is 11.6 Å². The summed E-state index contributed by atoms with van der Waals surface area (Å²) in [5.74, 6) is -0.413. The molecule has 0 saturated carbocycles. The maximum atomic E-state index is 13.3. The molecular weight excluding hydrogens is 495 g/mol. The highest BCUT2D eigenvalue weighted by molar-refractivity contribution is 6.30. The smallest absolute Gasteiger partial charge is 0.350 e. The lowest BCUT2D eigenvalue weighted by atomic mass is 10.0. The summed E-state index contributed by atoms with van der Waals surface area (Å²) in [5, 5.41) is 9.02. The molecule has 0 fully saturated rings. The van der Waals surface area contributed by atoms with Gasteiger partial charge in [0.1, 0.15) is 6.54 Å². The number of hydrogen-bond acceptors (Lipinski definition) is 3. The predicted molar refractivity (Wildman–Crippen MR) is 131 cm³/mol. The molecule has 4 rings (SSSR count). The Labute approximate surface area is 210 Å². The zero-order valence-electron chi connectivity index (χ0n) is 19.5. The second-order valence-electron chi connectivity index (χ2n) is 8.42. The van der Waals surface area contributed by atoms with E-state index in [1.54, 1.807) is 12.1 Å². The first kappa shape index (κ1) is 25.3. The van der Waals surface area contributed by atoms with Crippen molar-refractivity contribution in [1.82, 2.24) is 14.5 Å². The summed E-state index contributed by atoms with van der Waals surface area (Å²) in [4.78, 5) is 27.0. The zero-order chi connectivity index (χ0) is 26.0. The Kier molecular flexibility index (Phi) is 7.07. The largest absolute Gasteiger partial charge is 0.416 e. The van der Waals surface area contributed by atoms with Gasteiger partial charge in [-0.3, -0.25) is 4.79 Å². The minimum Gasteiger partial charge on any atom is -0.350 e. The molecule has 0 spiro atoms. The van der Waals surface area contributed by atoms with E-state index in [0.29, 0.717) is 11.4 Å².